The Kier molecular flexibility index (Phi) is 1.58. The fourth-order valence-electron chi connectivity index (χ4n) is 1.61. The van der Waals surface area contributed by atoms with E-state index in [1.807, 2.05) is 4.90 Å². The Morgan fingerprint density at radius 2 is 2.27 bits per heavy atom. The molecule has 0 aromatic heterocycles. The van der Waals surface area contributed by atoms with Gasteiger partial charge in [0.1, 0.15) is 0 Å². The lowest BCUT2D eigenvalue weighted by Crippen LogP contribution is -2.57. The molecular formula is C7H13N3O. The molecule has 11 heavy (non-hydrogen) atoms. The number of carbonyl (C=O) groups excluding carboxylic acids is 1. The predicted octanol–water partition coefficient (Wildman–Crippen LogP) is -1.48. The Morgan fingerprint density at radius 1 is 1.55 bits per heavy atom. The molecule has 2 fully saturated rings. The summed E-state index contributed by atoms with van der Waals surface area (Å²) < 4.78 is 0. The van der Waals surface area contributed by atoms with Crippen LogP contribution in [0.15, 0.2) is 0 Å². The van der Waals surface area contributed by atoms with Crippen molar-refractivity contribution in [2.45, 2.75) is 18.5 Å². The number of hydrogen-bond acceptors (Lipinski definition) is 3. The van der Waals surface area contributed by atoms with Crippen LogP contribution in [0, 0.1) is 0 Å². The van der Waals surface area contributed by atoms with Gasteiger partial charge in [-0.15, -0.1) is 0 Å². The van der Waals surface area contributed by atoms with Gasteiger partial charge in [-0.1, -0.05) is 0 Å². The molecule has 4 nitrogen and oxygen atoms in total. The van der Waals surface area contributed by atoms with Crippen LogP contribution in [0.25, 0.3) is 0 Å². The van der Waals surface area contributed by atoms with Crippen LogP contribution in [0.1, 0.15) is 6.42 Å². The fourth-order valence-corrected chi connectivity index (χ4v) is 1.61. The molecule has 0 aromatic rings. The minimum atomic E-state index is 0.0723. The van der Waals surface area contributed by atoms with Crippen molar-refractivity contribution in [1.29, 1.82) is 0 Å². The summed E-state index contributed by atoms with van der Waals surface area (Å²) in [5.74, 6) is 0.226. The molecule has 1 atom stereocenters. The summed E-state index contributed by atoms with van der Waals surface area (Å²) in [6, 6.07) is 0.499. The smallest absolute Gasteiger partial charge is 0.224 e. The van der Waals surface area contributed by atoms with Crippen molar-refractivity contribution in [2.24, 2.45) is 5.73 Å². The Labute approximate surface area is 65.7 Å². The maximum Gasteiger partial charge on any atom is 0.224 e. The molecule has 2 rings (SSSR count). The first-order valence-electron chi connectivity index (χ1n) is 4.03. The Morgan fingerprint density at radius 3 is 2.64 bits per heavy atom. The first-order valence-corrected chi connectivity index (χ1v) is 4.03. The van der Waals surface area contributed by atoms with Gasteiger partial charge in [0, 0.05) is 32.1 Å². The normalized spacial score (nSPS) is 32.6. The highest BCUT2D eigenvalue weighted by atomic mass is 16.2. The van der Waals surface area contributed by atoms with Crippen LogP contribution in [0.4, 0.5) is 0 Å². The first-order chi connectivity index (χ1) is 5.27. The van der Waals surface area contributed by atoms with Crippen molar-refractivity contribution >= 4 is 5.91 Å². The van der Waals surface area contributed by atoms with E-state index in [1.165, 1.54) is 0 Å². The van der Waals surface area contributed by atoms with Gasteiger partial charge in [0.2, 0.25) is 5.91 Å². The van der Waals surface area contributed by atoms with Crippen LogP contribution in [0.3, 0.4) is 0 Å². The second-order valence-corrected chi connectivity index (χ2v) is 3.32. The van der Waals surface area contributed by atoms with Crippen molar-refractivity contribution in [3.05, 3.63) is 0 Å². The van der Waals surface area contributed by atoms with Crippen molar-refractivity contribution in [1.82, 2.24) is 10.2 Å². The number of likely N-dealkylation sites (tertiary alicyclic amines) is 1. The summed E-state index contributed by atoms with van der Waals surface area (Å²) in [4.78, 5) is 13.1. The van der Waals surface area contributed by atoms with Crippen LogP contribution in [-0.2, 0) is 4.79 Å². The van der Waals surface area contributed by atoms with Crippen molar-refractivity contribution in [3.63, 3.8) is 0 Å². The SMILES string of the molecule is NC1CC(=O)N(C2CNC2)C1. The number of hydrogen-bond donors (Lipinski definition) is 2. The van der Waals surface area contributed by atoms with Gasteiger partial charge < -0.3 is 16.0 Å². The van der Waals surface area contributed by atoms with Crippen molar-refractivity contribution < 1.29 is 4.79 Å². The molecule has 62 valence electrons. The standard InChI is InChI=1S/C7H13N3O/c8-5-1-7(11)10(4-5)6-2-9-3-6/h5-6,9H,1-4,8H2. The average Bonchev–Trinajstić information content (AvgIpc) is 2.07. The van der Waals surface area contributed by atoms with Gasteiger partial charge in [0.25, 0.3) is 0 Å². The van der Waals surface area contributed by atoms with E-state index in [0.717, 1.165) is 19.6 Å². The second kappa shape index (κ2) is 2.46. The number of rotatable bonds is 1. The van der Waals surface area contributed by atoms with Gasteiger partial charge in [-0.05, 0) is 0 Å². The van der Waals surface area contributed by atoms with Gasteiger partial charge >= 0.3 is 0 Å². The van der Waals surface area contributed by atoms with E-state index in [9.17, 15) is 4.79 Å². The fraction of sp³-hybridized carbons (Fsp3) is 0.857. The molecule has 1 amide bonds. The summed E-state index contributed by atoms with van der Waals surface area (Å²) in [5.41, 5.74) is 5.65. The highest BCUT2D eigenvalue weighted by molar-refractivity contribution is 5.79. The average molecular weight is 155 g/mol. The van der Waals surface area contributed by atoms with Crippen LogP contribution in [0.2, 0.25) is 0 Å². The van der Waals surface area contributed by atoms with Gasteiger partial charge in [-0.25, -0.2) is 0 Å². The Bertz CT molecular complexity index is 179. The molecule has 0 aliphatic carbocycles. The summed E-state index contributed by atoms with van der Waals surface area (Å²) >= 11 is 0. The van der Waals surface area contributed by atoms with E-state index in [2.05, 4.69) is 5.32 Å². The monoisotopic (exact) mass is 155 g/mol. The first kappa shape index (κ1) is 7.06. The minimum absolute atomic E-state index is 0.0723. The lowest BCUT2D eigenvalue weighted by Gasteiger charge is -2.35. The number of amides is 1. The van der Waals surface area contributed by atoms with Gasteiger partial charge in [-0.2, -0.15) is 0 Å². The topological polar surface area (TPSA) is 58.4 Å². The zero-order chi connectivity index (χ0) is 7.84. The zero-order valence-electron chi connectivity index (χ0n) is 6.42. The van der Waals surface area contributed by atoms with Crippen LogP contribution < -0.4 is 11.1 Å². The number of nitrogens with zero attached hydrogens (tertiary/aromatic N) is 1. The number of nitrogens with two attached hydrogens (primary N) is 1. The molecule has 2 heterocycles. The lowest BCUT2D eigenvalue weighted by molar-refractivity contribution is -0.130. The number of carbonyl (C=O) groups is 1. The van der Waals surface area contributed by atoms with E-state index >= 15 is 0 Å². The molecule has 1 unspecified atom stereocenters. The van der Waals surface area contributed by atoms with Crippen molar-refractivity contribution in [3.8, 4) is 0 Å². The quantitative estimate of drug-likeness (QED) is 0.485. The number of nitrogens with one attached hydrogen (secondary N) is 1. The summed E-state index contributed by atoms with van der Waals surface area (Å²) in [6.45, 7) is 2.64. The van der Waals surface area contributed by atoms with E-state index < -0.39 is 0 Å². The van der Waals surface area contributed by atoms with E-state index in [-0.39, 0.29) is 11.9 Å². The van der Waals surface area contributed by atoms with Crippen molar-refractivity contribution in [2.75, 3.05) is 19.6 Å². The highest BCUT2D eigenvalue weighted by Gasteiger charge is 2.34. The van der Waals surface area contributed by atoms with Gasteiger partial charge in [0.15, 0.2) is 0 Å². The second-order valence-electron chi connectivity index (χ2n) is 3.32. The third-order valence-corrected chi connectivity index (χ3v) is 2.39. The largest absolute Gasteiger partial charge is 0.336 e. The molecule has 4 heteroatoms. The summed E-state index contributed by atoms with van der Waals surface area (Å²) in [5, 5.41) is 3.14. The van der Waals surface area contributed by atoms with E-state index in [0.29, 0.717) is 12.5 Å². The Hall–Kier alpha value is -0.610. The third-order valence-electron chi connectivity index (χ3n) is 2.39. The predicted molar refractivity (Wildman–Crippen MR) is 41.0 cm³/mol. The maximum absolute atomic E-state index is 11.2. The molecule has 2 saturated heterocycles. The summed E-state index contributed by atoms with van der Waals surface area (Å²) in [6.07, 6.45) is 0.538. The van der Waals surface area contributed by atoms with E-state index in [4.69, 9.17) is 5.73 Å². The highest BCUT2D eigenvalue weighted by Crippen LogP contribution is 2.14. The molecule has 2 aliphatic rings. The molecule has 0 radical (unpaired) electrons. The molecule has 2 aliphatic heterocycles. The molecule has 0 bridgehead atoms. The van der Waals surface area contributed by atoms with Crippen LogP contribution in [0.5, 0.6) is 0 Å². The molecule has 0 aromatic carbocycles. The Balaban J connectivity index is 1.97. The van der Waals surface area contributed by atoms with Gasteiger partial charge in [0.05, 0.1) is 6.04 Å². The maximum atomic E-state index is 11.2. The lowest BCUT2D eigenvalue weighted by atomic mass is 10.1. The molecule has 3 N–H and O–H groups in total. The molecule has 0 spiro atoms. The van der Waals surface area contributed by atoms with Gasteiger partial charge in [-0.3, -0.25) is 4.79 Å². The van der Waals surface area contributed by atoms with E-state index in [1.54, 1.807) is 0 Å². The van der Waals surface area contributed by atoms with Crippen LogP contribution in [-0.4, -0.2) is 42.5 Å². The van der Waals surface area contributed by atoms with Crippen LogP contribution >= 0.6 is 0 Å². The summed E-state index contributed by atoms with van der Waals surface area (Å²) in [7, 11) is 0. The molecule has 0 saturated carbocycles. The third kappa shape index (κ3) is 1.12. The minimum Gasteiger partial charge on any atom is -0.336 e. The molecular weight excluding hydrogens is 142 g/mol. The zero-order valence-corrected chi connectivity index (χ0v) is 6.42.